The SMILES string of the molecule is C=CCC1=CC=CCC1=C. The molecule has 0 aromatic carbocycles. The van der Waals surface area contributed by atoms with Gasteiger partial charge in [0.1, 0.15) is 0 Å². The standard InChI is InChI=1S/C10H12/c1-3-6-10-8-5-4-7-9(10)2/h3-5,8H,1-2,6-7H2. The van der Waals surface area contributed by atoms with E-state index >= 15 is 0 Å². The predicted octanol–water partition coefficient (Wildman–Crippen LogP) is 3.01. The topological polar surface area (TPSA) is 0 Å². The summed E-state index contributed by atoms with van der Waals surface area (Å²) in [7, 11) is 0. The Hall–Kier alpha value is -1.04. The first-order valence-corrected chi connectivity index (χ1v) is 3.49. The summed E-state index contributed by atoms with van der Waals surface area (Å²) in [6, 6.07) is 0. The van der Waals surface area contributed by atoms with Crippen molar-refractivity contribution >= 4 is 0 Å². The lowest BCUT2D eigenvalue weighted by molar-refractivity contribution is 1.13. The van der Waals surface area contributed by atoms with Gasteiger partial charge in [0.25, 0.3) is 0 Å². The molecule has 0 saturated heterocycles. The highest BCUT2D eigenvalue weighted by Crippen LogP contribution is 2.20. The minimum atomic E-state index is 0.948. The van der Waals surface area contributed by atoms with Crippen molar-refractivity contribution in [2.75, 3.05) is 0 Å². The molecule has 0 aromatic heterocycles. The van der Waals surface area contributed by atoms with Crippen molar-refractivity contribution in [3.8, 4) is 0 Å². The van der Waals surface area contributed by atoms with Gasteiger partial charge in [0.2, 0.25) is 0 Å². The molecule has 0 nitrogen and oxygen atoms in total. The van der Waals surface area contributed by atoms with Crippen molar-refractivity contribution in [3.05, 3.63) is 48.6 Å². The molecule has 10 heavy (non-hydrogen) atoms. The Morgan fingerprint density at radius 3 is 3.00 bits per heavy atom. The molecule has 0 aliphatic heterocycles. The predicted molar refractivity (Wildman–Crippen MR) is 45.8 cm³/mol. The van der Waals surface area contributed by atoms with E-state index < -0.39 is 0 Å². The number of rotatable bonds is 2. The molecule has 0 atom stereocenters. The van der Waals surface area contributed by atoms with Gasteiger partial charge >= 0.3 is 0 Å². The van der Waals surface area contributed by atoms with Gasteiger partial charge in [0.15, 0.2) is 0 Å². The molecule has 0 N–H and O–H groups in total. The van der Waals surface area contributed by atoms with Crippen LogP contribution in [-0.2, 0) is 0 Å². The molecule has 1 aliphatic carbocycles. The van der Waals surface area contributed by atoms with Crippen LogP contribution >= 0.6 is 0 Å². The molecule has 0 unspecified atom stereocenters. The van der Waals surface area contributed by atoms with Crippen LogP contribution in [0.15, 0.2) is 48.6 Å². The van der Waals surface area contributed by atoms with Crippen molar-refractivity contribution < 1.29 is 0 Å². The normalized spacial score (nSPS) is 16.8. The Morgan fingerprint density at radius 2 is 2.40 bits per heavy atom. The lowest BCUT2D eigenvalue weighted by Crippen LogP contribution is -1.89. The average Bonchev–Trinajstić information content (AvgIpc) is 1.94. The van der Waals surface area contributed by atoms with Crippen LogP contribution in [0.1, 0.15) is 12.8 Å². The fourth-order valence-corrected chi connectivity index (χ4v) is 1.01. The molecule has 1 rings (SSSR count). The summed E-state index contributed by atoms with van der Waals surface area (Å²) in [4.78, 5) is 0. The zero-order chi connectivity index (χ0) is 7.40. The van der Waals surface area contributed by atoms with Gasteiger partial charge in [-0.05, 0) is 24.0 Å². The van der Waals surface area contributed by atoms with Crippen LogP contribution in [0.5, 0.6) is 0 Å². The summed E-state index contributed by atoms with van der Waals surface area (Å²) in [5.74, 6) is 0. The second-order valence-electron chi connectivity index (χ2n) is 2.42. The molecule has 0 fully saturated rings. The van der Waals surface area contributed by atoms with Crippen LogP contribution < -0.4 is 0 Å². The maximum atomic E-state index is 3.95. The summed E-state index contributed by atoms with van der Waals surface area (Å²) < 4.78 is 0. The lowest BCUT2D eigenvalue weighted by atomic mass is 9.97. The van der Waals surface area contributed by atoms with Crippen LogP contribution in [0.2, 0.25) is 0 Å². The molecule has 52 valence electrons. The zero-order valence-electron chi connectivity index (χ0n) is 6.14. The maximum Gasteiger partial charge on any atom is -0.00974 e. The molecule has 0 radical (unpaired) electrons. The maximum absolute atomic E-state index is 3.95. The van der Waals surface area contributed by atoms with Crippen molar-refractivity contribution in [1.29, 1.82) is 0 Å². The second-order valence-corrected chi connectivity index (χ2v) is 2.42. The molecule has 0 heterocycles. The number of allylic oxidation sites excluding steroid dienone is 6. The molecule has 1 aliphatic rings. The Labute approximate surface area is 62.3 Å². The Morgan fingerprint density at radius 1 is 1.60 bits per heavy atom. The van der Waals surface area contributed by atoms with Gasteiger partial charge in [-0.1, -0.05) is 30.9 Å². The van der Waals surface area contributed by atoms with E-state index in [1.165, 1.54) is 11.1 Å². The van der Waals surface area contributed by atoms with Crippen LogP contribution in [0, 0.1) is 0 Å². The molecular formula is C10H12. The summed E-state index contributed by atoms with van der Waals surface area (Å²) in [5.41, 5.74) is 2.54. The van der Waals surface area contributed by atoms with Gasteiger partial charge in [-0.3, -0.25) is 0 Å². The smallest absolute Gasteiger partial charge is 0.00974 e. The van der Waals surface area contributed by atoms with Crippen molar-refractivity contribution in [3.63, 3.8) is 0 Å². The van der Waals surface area contributed by atoms with Crippen molar-refractivity contribution in [2.45, 2.75) is 12.8 Å². The van der Waals surface area contributed by atoms with Gasteiger partial charge in [-0.15, -0.1) is 6.58 Å². The molecule has 0 aromatic rings. The van der Waals surface area contributed by atoms with Gasteiger partial charge < -0.3 is 0 Å². The first-order valence-electron chi connectivity index (χ1n) is 3.49. The van der Waals surface area contributed by atoms with Gasteiger partial charge in [0, 0.05) is 0 Å². The number of hydrogen-bond donors (Lipinski definition) is 0. The quantitative estimate of drug-likeness (QED) is 0.507. The second kappa shape index (κ2) is 3.21. The summed E-state index contributed by atoms with van der Waals surface area (Å²) in [6.45, 7) is 7.63. The number of hydrogen-bond acceptors (Lipinski definition) is 0. The summed E-state index contributed by atoms with van der Waals surface area (Å²) >= 11 is 0. The van der Waals surface area contributed by atoms with E-state index in [1.807, 2.05) is 6.08 Å². The Bertz CT molecular complexity index is 204. The van der Waals surface area contributed by atoms with Crippen LogP contribution in [0.25, 0.3) is 0 Å². The first kappa shape index (κ1) is 7.07. The van der Waals surface area contributed by atoms with E-state index in [0.717, 1.165) is 12.8 Å². The fourth-order valence-electron chi connectivity index (χ4n) is 1.01. The average molecular weight is 132 g/mol. The summed E-state index contributed by atoms with van der Waals surface area (Å²) in [5, 5.41) is 0. The monoisotopic (exact) mass is 132 g/mol. The lowest BCUT2D eigenvalue weighted by Gasteiger charge is -2.08. The van der Waals surface area contributed by atoms with E-state index in [2.05, 4.69) is 31.4 Å². The third-order valence-electron chi connectivity index (χ3n) is 1.62. The van der Waals surface area contributed by atoms with Crippen molar-refractivity contribution in [2.24, 2.45) is 0 Å². The molecule has 0 amide bonds. The van der Waals surface area contributed by atoms with E-state index in [4.69, 9.17) is 0 Å². The van der Waals surface area contributed by atoms with Gasteiger partial charge in [0.05, 0.1) is 0 Å². The zero-order valence-corrected chi connectivity index (χ0v) is 6.14. The first-order chi connectivity index (χ1) is 4.84. The highest BCUT2D eigenvalue weighted by atomic mass is 14.1. The van der Waals surface area contributed by atoms with Crippen molar-refractivity contribution in [1.82, 2.24) is 0 Å². The van der Waals surface area contributed by atoms with E-state index in [0.29, 0.717) is 0 Å². The minimum Gasteiger partial charge on any atom is -0.103 e. The fraction of sp³-hybridized carbons (Fsp3) is 0.200. The third kappa shape index (κ3) is 1.47. The Balaban J connectivity index is 2.70. The molecule has 0 saturated carbocycles. The van der Waals surface area contributed by atoms with E-state index in [1.54, 1.807) is 0 Å². The summed E-state index contributed by atoms with van der Waals surface area (Å²) in [6.07, 6.45) is 10.2. The molecule has 0 heteroatoms. The highest BCUT2D eigenvalue weighted by Gasteiger charge is 2.00. The molecular weight excluding hydrogens is 120 g/mol. The third-order valence-corrected chi connectivity index (χ3v) is 1.62. The molecule has 0 bridgehead atoms. The largest absolute Gasteiger partial charge is 0.103 e. The van der Waals surface area contributed by atoms with Crippen LogP contribution in [-0.4, -0.2) is 0 Å². The minimum absolute atomic E-state index is 0.948. The van der Waals surface area contributed by atoms with Gasteiger partial charge in [-0.25, -0.2) is 0 Å². The van der Waals surface area contributed by atoms with E-state index in [9.17, 15) is 0 Å². The highest BCUT2D eigenvalue weighted by molar-refractivity contribution is 5.38. The van der Waals surface area contributed by atoms with Gasteiger partial charge in [-0.2, -0.15) is 0 Å². The Kier molecular flexibility index (Phi) is 2.27. The van der Waals surface area contributed by atoms with Crippen LogP contribution in [0.3, 0.4) is 0 Å². The van der Waals surface area contributed by atoms with Crippen LogP contribution in [0.4, 0.5) is 0 Å². The molecule has 0 spiro atoms. The van der Waals surface area contributed by atoms with E-state index in [-0.39, 0.29) is 0 Å².